The Morgan fingerprint density at radius 3 is 3.00 bits per heavy atom. The van der Waals surface area contributed by atoms with Gasteiger partial charge in [0.1, 0.15) is 5.76 Å². The summed E-state index contributed by atoms with van der Waals surface area (Å²) in [5, 5.41) is 2.37. The third-order valence-electron chi connectivity index (χ3n) is 2.72. The Hall–Kier alpha value is -1.10. The van der Waals surface area contributed by atoms with Gasteiger partial charge in [0, 0.05) is 22.9 Å². The zero-order valence-corrected chi connectivity index (χ0v) is 11.5. The first-order valence-electron chi connectivity index (χ1n) is 6.20. The van der Waals surface area contributed by atoms with Crippen LogP contribution in [0.4, 0.5) is 0 Å². The number of nitrogens with zero attached hydrogens (tertiary/aromatic N) is 1. The summed E-state index contributed by atoms with van der Waals surface area (Å²) < 4.78 is 5.34. The lowest BCUT2D eigenvalue weighted by molar-refractivity contribution is -0.118. The molecule has 0 radical (unpaired) electrons. The van der Waals surface area contributed by atoms with Crippen molar-refractivity contribution in [2.24, 2.45) is 5.18 Å². The Morgan fingerprint density at radius 1 is 1.44 bits per heavy atom. The molecule has 0 aromatic heterocycles. The number of carbonyl (C=O) groups is 1. The van der Waals surface area contributed by atoms with E-state index in [1.54, 1.807) is 18.9 Å². The molecule has 0 saturated carbocycles. The summed E-state index contributed by atoms with van der Waals surface area (Å²) in [5.41, 5.74) is 0. The minimum Gasteiger partial charge on any atom is -0.500 e. The highest BCUT2D eigenvalue weighted by Gasteiger charge is 2.08. The van der Waals surface area contributed by atoms with Crippen molar-refractivity contribution < 1.29 is 9.53 Å². The second kappa shape index (κ2) is 8.91. The van der Waals surface area contributed by atoms with Gasteiger partial charge in [-0.3, -0.25) is 4.79 Å². The van der Waals surface area contributed by atoms with E-state index in [1.165, 1.54) is 4.91 Å². The summed E-state index contributed by atoms with van der Waals surface area (Å²) in [6.07, 6.45) is 9.32. The number of rotatable bonds is 8. The zero-order valence-electron chi connectivity index (χ0n) is 10.7. The fourth-order valence-corrected chi connectivity index (χ4v) is 2.84. The fraction of sp³-hybridized carbons (Fsp3) is 0.615. The number of ether oxygens (including phenoxy) is 1. The van der Waals surface area contributed by atoms with E-state index in [2.05, 4.69) is 17.3 Å². The van der Waals surface area contributed by atoms with Crippen LogP contribution in [0.1, 0.15) is 38.5 Å². The molecule has 0 aromatic carbocycles. The molecule has 18 heavy (non-hydrogen) atoms. The number of amides is 1. The first-order chi connectivity index (χ1) is 8.77. The van der Waals surface area contributed by atoms with E-state index < -0.39 is 5.91 Å². The summed E-state index contributed by atoms with van der Waals surface area (Å²) in [4.78, 5) is 21.7. The average Bonchev–Trinajstić information content (AvgIpc) is 2.42. The molecule has 1 rings (SSSR count). The van der Waals surface area contributed by atoms with Gasteiger partial charge >= 0.3 is 0 Å². The van der Waals surface area contributed by atoms with E-state index >= 15 is 0 Å². The molecule has 0 spiro atoms. The van der Waals surface area contributed by atoms with E-state index in [0.29, 0.717) is 0 Å². The third kappa shape index (κ3) is 5.49. The van der Waals surface area contributed by atoms with E-state index in [4.69, 9.17) is 4.74 Å². The summed E-state index contributed by atoms with van der Waals surface area (Å²) in [7, 11) is 1.72. The highest BCUT2D eigenvalue weighted by Crippen LogP contribution is 2.29. The predicted octanol–water partition coefficient (Wildman–Crippen LogP) is 3.78. The van der Waals surface area contributed by atoms with Gasteiger partial charge in [0.15, 0.2) is 0 Å². The van der Waals surface area contributed by atoms with Gasteiger partial charge in [-0.05, 0) is 31.1 Å². The molecule has 1 amide bonds. The number of allylic oxidation sites excluding steroid dienone is 3. The van der Waals surface area contributed by atoms with Gasteiger partial charge in [0.2, 0.25) is 0 Å². The molecule has 0 aliphatic heterocycles. The lowest BCUT2D eigenvalue weighted by atomic mass is 10.2. The van der Waals surface area contributed by atoms with Crippen LogP contribution in [0.25, 0.3) is 0 Å². The van der Waals surface area contributed by atoms with E-state index in [0.717, 1.165) is 43.6 Å². The van der Waals surface area contributed by atoms with Crippen LogP contribution < -0.4 is 0 Å². The van der Waals surface area contributed by atoms with Crippen molar-refractivity contribution >= 4 is 17.7 Å². The Balaban J connectivity index is 2.14. The SMILES string of the molecule is COC1=C(SCCCCCC(=O)N=O)C=CCC1. The van der Waals surface area contributed by atoms with Crippen LogP contribution in [0.2, 0.25) is 0 Å². The summed E-state index contributed by atoms with van der Waals surface area (Å²) in [6.45, 7) is 0. The molecule has 5 heteroatoms. The maximum absolute atomic E-state index is 10.7. The van der Waals surface area contributed by atoms with Gasteiger partial charge in [-0.25, -0.2) is 0 Å². The smallest absolute Gasteiger partial charge is 0.286 e. The summed E-state index contributed by atoms with van der Waals surface area (Å²) in [6, 6.07) is 0. The van der Waals surface area contributed by atoms with Crippen molar-refractivity contribution in [3.8, 4) is 0 Å². The monoisotopic (exact) mass is 269 g/mol. The second-order valence-electron chi connectivity index (χ2n) is 4.08. The van der Waals surface area contributed by atoms with Crippen LogP contribution in [0.3, 0.4) is 0 Å². The molecule has 0 atom stereocenters. The first-order valence-corrected chi connectivity index (χ1v) is 7.19. The number of thioether (sulfide) groups is 1. The number of hydrogen-bond donors (Lipinski definition) is 0. The zero-order chi connectivity index (χ0) is 13.2. The highest BCUT2D eigenvalue weighted by molar-refractivity contribution is 8.03. The van der Waals surface area contributed by atoms with E-state index in [-0.39, 0.29) is 6.42 Å². The van der Waals surface area contributed by atoms with Crippen LogP contribution in [0.5, 0.6) is 0 Å². The molecule has 100 valence electrons. The third-order valence-corrected chi connectivity index (χ3v) is 3.89. The Kier molecular flexibility index (Phi) is 7.41. The highest BCUT2D eigenvalue weighted by atomic mass is 32.2. The largest absolute Gasteiger partial charge is 0.500 e. The van der Waals surface area contributed by atoms with E-state index in [1.807, 2.05) is 0 Å². The van der Waals surface area contributed by atoms with Crippen molar-refractivity contribution in [2.45, 2.75) is 38.5 Å². The van der Waals surface area contributed by atoms with Crippen LogP contribution in [-0.4, -0.2) is 18.8 Å². The normalized spacial score (nSPS) is 14.7. The number of nitroso groups, excluding NO2 is 1. The molecule has 0 fully saturated rings. The average molecular weight is 269 g/mol. The van der Waals surface area contributed by atoms with Crippen molar-refractivity contribution in [2.75, 3.05) is 12.9 Å². The summed E-state index contributed by atoms with van der Waals surface area (Å²) >= 11 is 1.79. The van der Waals surface area contributed by atoms with Crippen molar-refractivity contribution in [1.29, 1.82) is 0 Å². The molecule has 0 saturated heterocycles. The van der Waals surface area contributed by atoms with Crippen molar-refractivity contribution in [1.82, 2.24) is 0 Å². The van der Waals surface area contributed by atoms with Crippen LogP contribution in [0, 0.1) is 4.91 Å². The standard InChI is InChI=1S/C13H19NO3S/c1-17-11-7-4-5-8-12(11)18-10-6-2-3-9-13(15)14-16/h5,8H,2-4,6-7,9-10H2,1H3. The lowest BCUT2D eigenvalue weighted by Crippen LogP contribution is -1.96. The molecule has 1 aliphatic rings. The molecule has 0 bridgehead atoms. The Labute approximate surface area is 112 Å². The lowest BCUT2D eigenvalue weighted by Gasteiger charge is -2.14. The molecular weight excluding hydrogens is 250 g/mol. The van der Waals surface area contributed by atoms with Crippen LogP contribution in [-0.2, 0) is 9.53 Å². The Bertz CT molecular complexity index is 350. The summed E-state index contributed by atoms with van der Waals surface area (Å²) in [5.74, 6) is 1.54. The minimum absolute atomic E-state index is 0.278. The molecule has 0 N–H and O–H groups in total. The van der Waals surface area contributed by atoms with Gasteiger partial charge in [-0.2, -0.15) is 0 Å². The number of hydrogen-bond acceptors (Lipinski definition) is 4. The van der Waals surface area contributed by atoms with Crippen molar-refractivity contribution in [3.63, 3.8) is 0 Å². The quantitative estimate of drug-likeness (QED) is 0.497. The molecular formula is C13H19NO3S. The number of carbonyl (C=O) groups excluding carboxylic acids is 1. The molecule has 0 unspecified atom stereocenters. The number of unbranched alkanes of at least 4 members (excludes halogenated alkanes) is 2. The molecule has 0 heterocycles. The van der Waals surface area contributed by atoms with Crippen LogP contribution >= 0.6 is 11.8 Å². The topological polar surface area (TPSA) is 55.7 Å². The van der Waals surface area contributed by atoms with Crippen LogP contribution in [0.15, 0.2) is 28.0 Å². The maximum Gasteiger partial charge on any atom is 0.286 e. The fourth-order valence-electron chi connectivity index (χ4n) is 1.74. The maximum atomic E-state index is 10.7. The predicted molar refractivity (Wildman–Crippen MR) is 74.1 cm³/mol. The molecule has 0 aromatic rings. The van der Waals surface area contributed by atoms with Crippen molar-refractivity contribution in [3.05, 3.63) is 27.7 Å². The van der Waals surface area contributed by atoms with Gasteiger partial charge in [-0.15, -0.1) is 16.7 Å². The van der Waals surface area contributed by atoms with Gasteiger partial charge in [-0.1, -0.05) is 12.5 Å². The second-order valence-corrected chi connectivity index (χ2v) is 5.21. The van der Waals surface area contributed by atoms with Gasteiger partial charge < -0.3 is 4.74 Å². The first kappa shape index (κ1) is 15.0. The van der Waals surface area contributed by atoms with Gasteiger partial charge in [0.05, 0.1) is 7.11 Å². The van der Waals surface area contributed by atoms with Gasteiger partial charge in [0.25, 0.3) is 5.91 Å². The minimum atomic E-state index is -0.540. The Morgan fingerprint density at radius 2 is 2.28 bits per heavy atom. The molecule has 4 nitrogen and oxygen atoms in total. The number of methoxy groups -OCH3 is 1. The molecule has 1 aliphatic carbocycles. The van der Waals surface area contributed by atoms with E-state index in [9.17, 15) is 9.70 Å².